The molecule has 2 aromatic rings. The first-order valence-corrected chi connectivity index (χ1v) is 9.23. The van der Waals surface area contributed by atoms with E-state index in [1.165, 1.54) is 50.2 Å². The van der Waals surface area contributed by atoms with Crippen LogP contribution in [0.1, 0.15) is 19.4 Å². The van der Waals surface area contributed by atoms with Crippen LogP contribution in [0.2, 0.25) is 0 Å². The molecule has 0 amide bonds. The highest BCUT2D eigenvalue weighted by Crippen LogP contribution is 2.12. The van der Waals surface area contributed by atoms with Crippen LogP contribution in [0, 0.1) is 5.92 Å². The lowest BCUT2D eigenvalue weighted by atomic mass is 10.1. The molecule has 0 radical (unpaired) electrons. The predicted molar refractivity (Wildman–Crippen MR) is 101 cm³/mol. The van der Waals surface area contributed by atoms with Gasteiger partial charge in [0.2, 0.25) is 0 Å². The number of likely N-dealkylation sites (N-methyl/N-ethyl adjacent to an activating group) is 1. The SMILES string of the molecule is CCN1CCN(CC(C)CNCc2cnc3ccccc3c2)CC1. The molecule has 1 saturated heterocycles. The van der Waals surface area contributed by atoms with Gasteiger partial charge in [0.15, 0.2) is 0 Å². The summed E-state index contributed by atoms with van der Waals surface area (Å²) in [7, 11) is 0. The highest BCUT2D eigenvalue weighted by Gasteiger charge is 2.17. The lowest BCUT2D eigenvalue weighted by Crippen LogP contribution is -2.48. The van der Waals surface area contributed by atoms with Gasteiger partial charge >= 0.3 is 0 Å². The van der Waals surface area contributed by atoms with Gasteiger partial charge in [-0.2, -0.15) is 0 Å². The summed E-state index contributed by atoms with van der Waals surface area (Å²) in [5.41, 5.74) is 2.33. The van der Waals surface area contributed by atoms with Crippen molar-refractivity contribution >= 4 is 10.9 Å². The highest BCUT2D eigenvalue weighted by atomic mass is 15.3. The molecule has 24 heavy (non-hydrogen) atoms. The molecule has 1 N–H and O–H groups in total. The van der Waals surface area contributed by atoms with Crippen molar-refractivity contribution in [2.24, 2.45) is 5.92 Å². The van der Waals surface area contributed by atoms with Crippen LogP contribution in [0.5, 0.6) is 0 Å². The van der Waals surface area contributed by atoms with Crippen LogP contribution in [0.4, 0.5) is 0 Å². The van der Waals surface area contributed by atoms with Gasteiger partial charge in [-0.25, -0.2) is 0 Å². The third-order valence-corrected chi connectivity index (χ3v) is 4.95. The number of nitrogens with zero attached hydrogens (tertiary/aromatic N) is 3. The summed E-state index contributed by atoms with van der Waals surface area (Å²) in [6.07, 6.45) is 1.99. The molecule has 1 aliphatic rings. The zero-order chi connectivity index (χ0) is 16.8. The van der Waals surface area contributed by atoms with E-state index in [0.717, 1.165) is 18.6 Å². The number of para-hydroxylation sites is 1. The zero-order valence-electron chi connectivity index (χ0n) is 15.0. The maximum atomic E-state index is 4.53. The normalized spacial score (nSPS) is 18.1. The van der Waals surface area contributed by atoms with Crippen molar-refractivity contribution < 1.29 is 0 Å². The van der Waals surface area contributed by atoms with Gasteiger partial charge in [0.25, 0.3) is 0 Å². The molecular weight excluding hydrogens is 296 g/mol. The van der Waals surface area contributed by atoms with E-state index in [9.17, 15) is 0 Å². The quantitative estimate of drug-likeness (QED) is 0.847. The van der Waals surface area contributed by atoms with Gasteiger partial charge in [0, 0.05) is 50.9 Å². The van der Waals surface area contributed by atoms with Crippen molar-refractivity contribution in [2.75, 3.05) is 45.8 Å². The van der Waals surface area contributed by atoms with Gasteiger partial charge in [0.05, 0.1) is 5.52 Å². The second-order valence-corrected chi connectivity index (χ2v) is 7.01. The molecule has 3 rings (SSSR count). The number of hydrogen-bond donors (Lipinski definition) is 1. The van der Waals surface area contributed by atoms with Crippen molar-refractivity contribution in [2.45, 2.75) is 20.4 Å². The van der Waals surface area contributed by atoms with Gasteiger partial charge < -0.3 is 15.1 Å². The minimum absolute atomic E-state index is 0.673. The van der Waals surface area contributed by atoms with Crippen LogP contribution in [0.25, 0.3) is 10.9 Å². The van der Waals surface area contributed by atoms with Crippen molar-refractivity contribution in [1.29, 1.82) is 0 Å². The number of hydrogen-bond acceptors (Lipinski definition) is 4. The van der Waals surface area contributed by atoms with Crippen LogP contribution < -0.4 is 5.32 Å². The Bertz CT molecular complexity index is 634. The maximum Gasteiger partial charge on any atom is 0.0702 e. The smallest absolute Gasteiger partial charge is 0.0702 e. The molecule has 2 heterocycles. The largest absolute Gasteiger partial charge is 0.312 e. The van der Waals surface area contributed by atoms with Crippen LogP contribution in [0.15, 0.2) is 36.5 Å². The number of piperazine rings is 1. The summed E-state index contributed by atoms with van der Waals surface area (Å²) < 4.78 is 0. The molecule has 1 fully saturated rings. The van der Waals surface area contributed by atoms with E-state index in [1.54, 1.807) is 0 Å². The predicted octanol–water partition coefficient (Wildman–Crippen LogP) is 2.60. The Labute approximate surface area is 145 Å². The third kappa shape index (κ3) is 4.76. The summed E-state index contributed by atoms with van der Waals surface area (Å²) in [6.45, 7) is 13.8. The van der Waals surface area contributed by atoms with Crippen molar-refractivity contribution in [1.82, 2.24) is 20.1 Å². The Hall–Kier alpha value is -1.49. The summed E-state index contributed by atoms with van der Waals surface area (Å²) in [5, 5.41) is 4.82. The Balaban J connectivity index is 1.40. The molecule has 1 aliphatic heterocycles. The Morgan fingerprint density at radius 1 is 1.12 bits per heavy atom. The fourth-order valence-electron chi connectivity index (χ4n) is 3.47. The summed E-state index contributed by atoms with van der Waals surface area (Å²) in [5.74, 6) is 0.673. The molecular formula is C20H30N4. The number of nitrogens with one attached hydrogen (secondary N) is 1. The van der Waals surface area contributed by atoms with Gasteiger partial charge in [-0.15, -0.1) is 0 Å². The number of aromatic nitrogens is 1. The molecule has 0 saturated carbocycles. The molecule has 1 aromatic heterocycles. The highest BCUT2D eigenvalue weighted by molar-refractivity contribution is 5.78. The molecule has 4 nitrogen and oxygen atoms in total. The monoisotopic (exact) mass is 326 g/mol. The van der Waals surface area contributed by atoms with Crippen molar-refractivity contribution in [3.63, 3.8) is 0 Å². The molecule has 1 atom stereocenters. The van der Waals surface area contributed by atoms with E-state index in [4.69, 9.17) is 0 Å². The van der Waals surface area contributed by atoms with Gasteiger partial charge in [-0.05, 0) is 36.7 Å². The number of benzene rings is 1. The zero-order valence-corrected chi connectivity index (χ0v) is 15.0. The lowest BCUT2D eigenvalue weighted by Gasteiger charge is -2.35. The molecule has 0 spiro atoms. The second kappa shape index (κ2) is 8.56. The summed E-state index contributed by atoms with van der Waals surface area (Å²) in [6, 6.07) is 10.5. The van der Waals surface area contributed by atoms with E-state index in [2.05, 4.69) is 58.2 Å². The van der Waals surface area contributed by atoms with Crippen LogP contribution in [-0.4, -0.2) is 60.6 Å². The Morgan fingerprint density at radius 3 is 2.67 bits per heavy atom. The average molecular weight is 326 g/mol. The minimum Gasteiger partial charge on any atom is -0.312 e. The fraction of sp³-hybridized carbons (Fsp3) is 0.550. The van der Waals surface area contributed by atoms with Crippen molar-refractivity contribution in [3.05, 3.63) is 42.1 Å². The molecule has 1 aromatic carbocycles. The Kier molecular flexibility index (Phi) is 6.18. The number of fused-ring (bicyclic) bond motifs is 1. The van der Waals surface area contributed by atoms with Crippen LogP contribution >= 0.6 is 0 Å². The van der Waals surface area contributed by atoms with E-state index in [0.29, 0.717) is 5.92 Å². The van der Waals surface area contributed by atoms with Crippen molar-refractivity contribution in [3.8, 4) is 0 Å². The first-order chi connectivity index (χ1) is 11.7. The van der Waals surface area contributed by atoms with Gasteiger partial charge in [-0.1, -0.05) is 32.0 Å². The molecule has 0 bridgehead atoms. The summed E-state index contributed by atoms with van der Waals surface area (Å²) >= 11 is 0. The first kappa shape index (κ1) is 17.3. The van der Waals surface area contributed by atoms with Gasteiger partial charge in [-0.3, -0.25) is 4.98 Å². The standard InChI is InChI=1S/C20H30N4/c1-3-23-8-10-24(11-9-23)16-17(2)13-21-14-18-12-19-6-4-5-7-20(19)22-15-18/h4-7,12,15,17,21H,3,8-11,13-14,16H2,1-2H3. The fourth-order valence-corrected chi connectivity index (χ4v) is 3.47. The van der Waals surface area contributed by atoms with E-state index in [-0.39, 0.29) is 0 Å². The van der Waals surface area contributed by atoms with Crippen LogP contribution in [-0.2, 0) is 6.54 Å². The average Bonchev–Trinajstić information content (AvgIpc) is 2.62. The molecule has 0 aliphatic carbocycles. The third-order valence-electron chi connectivity index (χ3n) is 4.95. The number of pyridine rings is 1. The minimum atomic E-state index is 0.673. The van der Waals surface area contributed by atoms with E-state index < -0.39 is 0 Å². The maximum absolute atomic E-state index is 4.53. The first-order valence-electron chi connectivity index (χ1n) is 9.23. The number of rotatable bonds is 7. The van der Waals surface area contributed by atoms with E-state index in [1.807, 2.05) is 12.3 Å². The molecule has 130 valence electrons. The summed E-state index contributed by atoms with van der Waals surface area (Å²) in [4.78, 5) is 9.68. The second-order valence-electron chi connectivity index (χ2n) is 7.01. The van der Waals surface area contributed by atoms with Crippen LogP contribution in [0.3, 0.4) is 0 Å². The lowest BCUT2D eigenvalue weighted by molar-refractivity contribution is 0.124. The Morgan fingerprint density at radius 2 is 1.88 bits per heavy atom. The van der Waals surface area contributed by atoms with E-state index >= 15 is 0 Å². The molecule has 4 heteroatoms. The molecule has 1 unspecified atom stereocenters. The van der Waals surface area contributed by atoms with Gasteiger partial charge in [0.1, 0.15) is 0 Å². The topological polar surface area (TPSA) is 31.4 Å².